The SMILES string of the molecule is COc1ccc(-c2ccc(C(=O)NCc3nnc(SC)n3Cc3ccccc3)o2)cc1. The zero-order valence-corrected chi connectivity index (χ0v) is 18.1. The minimum absolute atomic E-state index is 0.241. The number of hydrogen-bond donors (Lipinski definition) is 1. The quantitative estimate of drug-likeness (QED) is 0.418. The summed E-state index contributed by atoms with van der Waals surface area (Å²) in [6.45, 7) is 0.884. The van der Waals surface area contributed by atoms with Crippen LogP contribution in [0.2, 0.25) is 0 Å². The molecule has 0 saturated carbocycles. The van der Waals surface area contributed by atoms with Crippen LogP contribution in [0.25, 0.3) is 11.3 Å². The van der Waals surface area contributed by atoms with Crippen molar-refractivity contribution in [2.75, 3.05) is 13.4 Å². The topological polar surface area (TPSA) is 82.2 Å². The summed E-state index contributed by atoms with van der Waals surface area (Å²) < 4.78 is 12.9. The van der Waals surface area contributed by atoms with Crippen LogP contribution < -0.4 is 10.1 Å². The van der Waals surface area contributed by atoms with Crippen molar-refractivity contribution in [3.63, 3.8) is 0 Å². The lowest BCUT2D eigenvalue weighted by atomic mass is 10.2. The van der Waals surface area contributed by atoms with Gasteiger partial charge in [-0.3, -0.25) is 4.79 Å². The molecule has 0 spiro atoms. The molecule has 0 fully saturated rings. The molecule has 1 amide bonds. The summed E-state index contributed by atoms with van der Waals surface area (Å²) in [7, 11) is 1.62. The molecule has 0 saturated heterocycles. The Balaban J connectivity index is 1.44. The average Bonchev–Trinajstić information content (AvgIpc) is 3.46. The second-order valence-corrected chi connectivity index (χ2v) is 7.52. The number of nitrogens with one attached hydrogen (secondary N) is 1. The molecule has 2 aromatic heterocycles. The lowest BCUT2D eigenvalue weighted by molar-refractivity contribution is 0.0922. The van der Waals surface area contributed by atoms with Crippen LogP contribution in [0.1, 0.15) is 21.9 Å². The number of carbonyl (C=O) groups is 1. The fraction of sp³-hybridized carbons (Fsp3) is 0.174. The molecule has 8 heteroatoms. The maximum Gasteiger partial charge on any atom is 0.287 e. The van der Waals surface area contributed by atoms with E-state index in [1.807, 2.05) is 53.3 Å². The minimum Gasteiger partial charge on any atom is -0.497 e. The lowest BCUT2D eigenvalue weighted by Gasteiger charge is -2.10. The number of rotatable bonds is 8. The van der Waals surface area contributed by atoms with Gasteiger partial charge >= 0.3 is 0 Å². The molecule has 4 rings (SSSR count). The van der Waals surface area contributed by atoms with Gasteiger partial charge in [0.25, 0.3) is 5.91 Å². The van der Waals surface area contributed by atoms with Crippen LogP contribution in [0.5, 0.6) is 5.75 Å². The molecule has 0 bridgehead atoms. The summed E-state index contributed by atoms with van der Waals surface area (Å²) in [5, 5.41) is 12.2. The molecular weight excluding hydrogens is 412 g/mol. The predicted molar refractivity (Wildman–Crippen MR) is 119 cm³/mol. The number of amides is 1. The third kappa shape index (κ3) is 4.80. The Bertz CT molecular complexity index is 1150. The van der Waals surface area contributed by atoms with Crippen molar-refractivity contribution in [2.24, 2.45) is 0 Å². The Hall–Kier alpha value is -3.52. The molecule has 2 aromatic carbocycles. The van der Waals surface area contributed by atoms with Gasteiger partial charge in [0.05, 0.1) is 20.2 Å². The van der Waals surface area contributed by atoms with E-state index < -0.39 is 0 Å². The summed E-state index contributed by atoms with van der Waals surface area (Å²) in [6, 6.07) is 21.0. The lowest BCUT2D eigenvalue weighted by Crippen LogP contribution is -2.24. The molecule has 31 heavy (non-hydrogen) atoms. The van der Waals surface area contributed by atoms with Gasteiger partial charge in [0.1, 0.15) is 11.5 Å². The van der Waals surface area contributed by atoms with E-state index in [1.54, 1.807) is 19.2 Å². The summed E-state index contributed by atoms with van der Waals surface area (Å²) in [4.78, 5) is 12.6. The van der Waals surface area contributed by atoms with E-state index in [2.05, 4.69) is 27.6 Å². The summed E-state index contributed by atoms with van der Waals surface area (Å²) in [5.41, 5.74) is 2.01. The van der Waals surface area contributed by atoms with E-state index in [-0.39, 0.29) is 18.2 Å². The molecule has 0 radical (unpaired) electrons. The third-order valence-electron chi connectivity index (χ3n) is 4.77. The van der Waals surface area contributed by atoms with E-state index >= 15 is 0 Å². The largest absolute Gasteiger partial charge is 0.497 e. The van der Waals surface area contributed by atoms with E-state index in [1.165, 1.54) is 11.8 Å². The molecule has 158 valence electrons. The molecular formula is C23H22N4O3S. The molecule has 0 aliphatic heterocycles. The van der Waals surface area contributed by atoms with Gasteiger partial charge in [-0.15, -0.1) is 10.2 Å². The monoisotopic (exact) mass is 434 g/mol. The van der Waals surface area contributed by atoms with Crippen LogP contribution in [-0.2, 0) is 13.1 Å². The van der Waals surface area contributed by atoms with E-state index in [0.717, 1.165) is 22.0 Å². The predicted octanol–water partition coefficient (Wildman–Crippen LogP) is 4.25. The fourth-order valence-corrected chi connectivity index (χ4v) is 3.66. The second-order valence-electron chi connectivity index (χ2n) is 6.75. The minimum atomic E-state index is -0.306. The summed E-state index contributed by atoms with van der Waals surface area (Å²) in [6.07, 6.45) is 1.96. The van der Waals surface area contributed by atoms with Crippen LogP contribution in [0.3, 0.4) is 0 Å². The van der Waals surface area contributed by atoms with Crippen molar-refractivity contribution >= 4 is 17.7 Å². The van der Waals surface area contributed by atoms with Crippen LogP contribution >= 0.6 is 11.8 Å². The highest BCUT2D eigenvalue weighted by atomic mass is 32.2. The second kappa shape index (κ2) is 9.53. The van der Waals surface area contributed by atoms with Crippen molar-refractivity contribution in [1.82, 2.24) is 20.1 Å². The Kier molecular flexibility index (Phi) is 6.37. The summed E-state index contributed by atoms with van der Waals surface area (Å²) in [5.74, 6) is 2.00. The van der Waals surface area contributed by atoms with Crippen LogP contribution in [0, 0.1) is 0 Å². The van der Waals surface area contributed by atoms with E-state index in [0.29, 0.717) is 18.1 Å². The number of furan rings is 1. The van der Waals surface area contributed by atoms with Gasteiger partial charge in [-0.25, -0.2) is 0 Å². The highest BCUT2D eigenvalue weighted by Crippen LogP contribution is 2.24. The zero-order valence-electron chi connectivity index (χ0n) is 17.2. The number of carbonyl (C=O) groups excluding carboxylic acids is 1. The summed E-state index contributed by atoms with van der Waals surface area (Å²) >= 11 is 1.52. The Morgan fingerprint density at radius 3 is 2.55 bits per heavy atom. The van der Waals surface area contributed by atoms with Gasteiger partial charge in [0.15, 0.2) is 16.7 Å². The number of hydrogen-bond acceptors (Lipinski definition) is 6. The smallest absolute Gasteiger partial charge is 0.287 e. The van der Waals surface area contributed by atoms with Crippen molar-refractivity contribution in [3.8, 4) is 17.1 Å². The normalized spacial score (nSPS) is 10.8. The average molecular weight is 435 g/mol. The molecule has 0 aliphatic rings. The Morgan fingerprint density at radius 2 is 1.84 bits per heavy atom. The van der Waals surface area contributed by atoms with E-state index in [9.17, 15) is 4.79 Å². The number of aromatic nitrogens is 3. The highest BCUT2D eigenvalue weighted by molar-refractivity contribution is 7.98. The first-order valence-electron chi connectivity index (χ1n) is 9.70. The molecule has 4 aromatic rings. The van der Waals surface area contributed by atoms with Crippen molar-refractivity contribution in [1.29, 1.82) is 0 Å². The number of ether oxygens (including phenoxy) is 1. The van der Waals surface area contributed by atoms with Gasteiger partial charge in [-0.1, -0.05) is 42.1 Å². The van der Waals surface area contributed by atoms with Gasteiger partial charge in [0.2, 0.25) is 0 Å². The van der Waals surface area contributed by atoms with Crippen molar-refractivity contribution < 1.29 is 13.9 Å². The number of methoxy groups -OCH3 is 1. The molecule has 1 N–H and O–H groups in total. The first-order chi connectivity index (χ1) is 15.2. The molecule has 7 nitrogen and oxygen atoms in total. The first-order valence-corrected chi connectivity index (χ1v) is 10.9. The van der Waals surface area contributed by atoms with Gasteiger partial charge in [-0.05, 0) is 48.2 Å². The molecule has 0 unspecified atom stereocenters. The van der Waals surface area contributed by atoms with Crippen LogP contribution in [0.15, 0.2) is 76.3 Å². The van der Waals surface area contributed by atoms with Gasteiger partial charge in [0, 0.05) is 5.56 Å². The standard InChI is InChI=1S/C23H22N4O3S/c1-29-18-10-8-17(9-11-18)19-12-13-20(30-19)22(28)24-14-21-25-26-23(31-2)27(21)15-16-6-4-3-5-7-16/h3-13H,14-15H2,1-2H3,(H,24,28). The third-order valence-corrected chi connectivity index (χ3v) is 5.44. The first kappa shape index (κ1) is 20.7. The fourth-order valence-electron chi connectivity index (χ4n) is 3.14. The van der Waals surface area contributed by atoms with Crippen molar-refractivity contribution in [3.05, 3.63) is 83.9 Å². The van der Waals surface area contributed by atoms with Gasteiger partial charge < -0.3 is 19.0 Å². The van der Waals surface area contributed by atoms with Crippen LogP contribution in [-0.4, -0.2) is 34.0 Å². The number of thioether (sulfide) groups is 1. The Morgan fingerprint density at radius 1 is 1.06 bits per heavy atom. The zero-order chi connectivity index (χ0) is 21.6. The number of benzene rings is 2. The van der Waals surface area contributed by atoms with E-state index in [4.69, 9.17) is 9.15 Å². The Labute approximate surface area is 184 Å². The number of nitrogens with zero attached hydrogens (tertiary/aromatic N) is 3. The molecule has 2 heterocycles. The molecule has 0 aliphatic carbocycles. The highest BCUT2D eigenvalue weighted by Gasteiger charge is 2.16. The maximum atomic E-state index is 12.6. The van der Waals surface area contributed by atoms with Gasteiger partial charge in [-0.2, -0.15) is 0 Å². The maximum absolute atomic E-state index is 12.6. The van der Waals surface area contributed by atoms with Crippen LogP contribution in [0.4, 0.5) is 0 Å². The molecule has 0 atom stereocenters. The van der Waals surface area contributed by atoms with Crippen molar-refractivity contribution in [2.45, 2.75) is 18.2 Å².